The molecule has 0 saturated carbocycles. The topological polar surface area (TPSA) is 87.2 Å². The highest BCUT2D eigenvalue weighted by molar-refractivity contribution is 5.95. The van der Waals surface area contributed by atoms with Crippen LogP contribution in [0.15, 0.2) is 67.0 Å². The van der Waals surface area contributed by atoms with Gasteiger partial charge in [-0.3, -0.25) is 9.59 Å². The zero-order valence-corrected chi connectivity index (χ0v) is 18.7. The van der Waals surface area contributed by atoms with Crippen LogP contribution in [0.25, 0.3) is 0 Å². The molecule has 0 aliphatic carbocycles. The van der Waals surface area contributed by atoms with Crippen molar-refractivity contribution < 1.29 is 14.0 Å². The molecule has 5 rings (SSSR count). The summed E-state index contributed by atoms with van der Waals surface area (Å²) in [6, 6.07) is 15.7. The number of benzene rings is 2. The summed E-state index contributed by atoms with van der Waals surface area (Å²) in [6.07, 6.45) is 5.09. The van der Waals surface area contributed by atoms with Crippen molar-refractivity contribution in [3.8, 4) is 0 Å². The van der Waals surface area contributed by atoms with Gasteiger partial charge in [0.05, 0.1) is 0 Å². The Hall–Kier alpha value is -3.81. The zero-order valence-electron chi connectivity index (χ0n) is 18.7. The number of piperidine rings is 2. The van der Waals surface area contributed by atoms with E-state index < -0.39 is 0 Å². The minimum atomic E-state index is -0.277. The Morgan fingerprint density at radius 2 is 1.82 bits per heavy atom. The fourth-order valence-electron chi connectivity index (χ4n) is 5.22. The van der Waals surface area contributed by atoms with Gasteiger partial charge in [-0.2, -0.15) is 0 Å². The zero-order chi connectivity index (χ0) is 23.5. The van der Waals surface area contributed by atoms with Crippen LogP contribution in [0.4, 0.5) is 16.0 Å². The van der Waals surface area contributed by atoms with Crippen LogP contribution in [0.3, 0.4) is 0 Å². The van der Waals surface area contributed by atoms with Crippen LogP contribution >= 0.6 is 0 Å². The summed E-state index contributed by atoms with van der Waals surface area (Å²) in [5.41, 5.74) is 1.95. The Labute approximate surface area is 197 Å². The van der Waals surface area contributed by atoms with E-state index in [1.165, 1.54) is 6.07 Å². The fourth-order valence-corrected chi connectivity index (χ4v) is 5.22. The smallest absolute Gasteiger partial charge is 0.253 e. The Morgan fingerprint density at radius 1 is 1.06 bits per heavy atom. The third-order valence-electron chi connectivity index (χ3n) is 6.98. The van der Waals surface area contributed by atoms with E-state index in [-0.39, 0.29) is 29.0 Å². The highest BCUT2D eigenvalue weighted by Crippen LogP contribution is 2.49. The van der Waals surface area contributed by atoms with Crippen molar-refractivity contribution in [1.29, 1.82) is 0 Å². The van der Waals surface area contributed by atoms with Crippen LogP contribution in [-0.2, 0) is 4.79 Å². The maximum atomic E-state index is 13.9. The van der Waals surface area contributed by atoms with E-state index in [1.54, 1.807) is 42.7 Å². The van der Waals surface area contributed by atoms with Crippen LogP contribution in [0.2, 0.25) is 0 Å². The third-order valence-corrected chi connectivity index (χ3v) is 6.98. The van der Waals surface area contributed by atoms with Crippen LogP contribution in [-0.4, -0.2) is 46.3 Å². The van der Waals surface area contributed by atoms with Gasteiger partial charge < -0.3 is 15.5 Å². The molecule has 174 valence electrons. The second kappa shape index (κ2) is 9.21. The van der Waals surface area contributed by atoms with E-state index in [4.69, 9.17) is 0 Å². The van der Waals surface area contributed by atoms with E-state index in [9.17, 15) is 14.0 Å². The monoisotopic (exact) mass is 459 g/mol. The van der Waals surface area contributed by atoms with Gasteiger partial charge in [0, 0.05) is 55.6 Å². The molecule has 2 saturated heterocycles. The molecular weight excluding hydrogens is 433 g/mol. The van der Waals surface area contributed by atoms with Crippen LogP contribution in [0.1, 0.15) is 41.1 Å². The predicted molar refractivity (Wildman–Crippen MR) is 126 cm³/mol. The first-order chi connectivity index (χ1) is 16.5. The first-order valence-corrected chi connectivity index (χ1v) is 11.5. The number of aromatic nitrogens is 2. The summed E-state index contributed by atoms with van der Waals surface area (Å²) >= 11 is 0. The Bertz CT molecular complexity index is 1190. The van der Waals surface area contributed by atoms with Gasteiger partial charge in [-0.05, 0) is 60.2 Å². The highest BCUT2D eigenvalue weighted by atomic mass is 19.1. The molecule has 2 aliphatic heterocycles. The molecule has 3 heterocycles. The van der Waals surface area contributed by atoms with Crippen LogP contribution < -0.4 is 10.6 Å². The second-order valence-corrected chi connectivity index (χ2v) is 9.02. The number of rotatable bonds is 4. The van der Waals surface area contributed by atoms with Gasteiger partial charge in [-0.1, -0.05) is 18.2 Å². The molecule has 2 amide bonds. The maximum absolute atomic E-state index is 13.9. The molecule has 0 bridgehead atoms. The molecule has 3 aromatic rings. The molecule has 2 fully saturated rings. The molecule has 1 atom stereocenters. The van der Waals surface area contributed by atoms with Gasteiger partial charge in [0.2, 0.25) is 11.9 Å². The number of likely N-dealkylation sites (tertiary alicyclic amines) is 1. The van der Waals surface area contributed by atoms with Gasteiger partial charge >= 0.3 is 0 Å². The van der Waals surface area contributed by atoms with E-state index in [0.29, 0.717) is 50.4 Å². The Morgan fingerprint density at radius 3 is 2.59 bits per heavy atom. The molecule has 34 heavy (non-hydrogen) atoms. The number of carbonyl (C=O) groups excluding carboxylic acids is 2. The second-order valence-electron chi connectivity index (χ2n) is 9.02. The largest absolute Gasteiger partial charge is 0.355 e. The summed E-state index contributed by atoms with van der Waals surface area (Å²) in [7, 11) is 0. The molecule has 1 spiro atoms. The number of amides is 2. The molecule has 2 N–H and O–H groups in total. The lowest BCUT2D eigenvalue weighted by Crippen LogP contribution is -2.52. The average Bonchev–Trinajstić information content (AvgIpc) is 2.85. The number of nitrogens with zero attached hydrogens (tertiary/aromatic N) is 3. The summed E-state index contributed by atoms with van der Waals surface area (Å²) < 4.78 is 13.9. The number of anilines is 2. The number of halogens is 1. The quantitative estimate of drug-likeness (QED) is 0.618. The number of hydrogen-bond donors (Lipinski definition) is 2. The fraction of sp³-hybridized carbons (Fsp3) is 0.308. The van der Waals surface area contributed by atoms with Crippen LogP contribution in [0, 0.1) is 11.2 Å². The molecular formula is C26H26FN5O2. The van der Waals surface area contributed by atoms with Crippen molar-refractivity contribution in [2.75, 3.05) is 25.0 Å². The van der Waals surface area contributed by atoms with E-state index >= 15 is 0 Å². The normalized spacial score (nSPS) is 19.5. The number of hydrogen-bond acceptors (Lipinski definition) is 5. The van der Waals surface area contributed by atoms with Crippen molar-refractivity contribution in [3.63, 3.8) is 0 Å². The number of carbonyl (C=O) groups is 2. The van der Waals surface area contributed by atoms with Gasteiger partial charge in [0.25, 0.3) is 5.91 Å². The summed E-state index contributed by atoms with van der Waals surface area (Å²) in [6.45, 7) is 1.60. The van der Waals surface area contributed by atoms with E-state index in [1.807, 2.05) is 23.1 Å². The lowest BCUT2D eigenvalue weighted by Gasteiger charge is -2.49. The van der Waals surface area contributed by atoms with Gasteiger partial charge in [0.15, 0.2) is 0 Å². The SMILES string of the molecule is O=C1CC2(CCN(C(=O)c3cccc(Nc4ncccn4)c3)CC2)[C@@H](c2cccc(F)c2)CN1. The highest BCUT2D eigenvalue weighted by Gasteiger charge is 2.46. The third kappa shape index (κ3) is 4.48. The maximum Gasteiger partial charge on any atom is 0.253 e. The molecule has 8 heteroatoms. The first-order valence-electron chi connectivity index (χ1n) is 11.5. The van der Waals surface area contributed by atoms with Crippen molar-refractivity contribution in [2.24, 2.45) is 5.41 Å². The summed E-state index contributed by atoms with van der Waals surface area (Å²) in [4.78, 5) is 35.8. The van der Waals surface area contributed by atoms with Crippen LogP contribution in [0.5, 0.6) is 0 Å². The van der Waals surface area contributed by atoms with Crippen molar-refractivity contribution in [2.45, 2.75) is 25.2 Å². The standard InChI is InChI=1S/C26H26FN5O2/c27-20-6-1-4-18(14-20)22-17-30-23(33)16-26(22)8-12-32(13-9-26)24(34)19-5-2-7-21(15-19)31-25-28-10-3-11-29-25/h1-7,10-11,14-15,22H,8-9,12-13,16-17H2,(H,30,33)(H,28,29,31)/t22-/m1/s1. The minimum absolute atomic E-state index is 0.0225. The Kier molecular flexibility index (Phi) is 5.96. The summed E-state index contributed by atoms with van der Waals surface area (Å²) in [5.74, 6) is 0.193. The lowest BCUT2D eigenvalue weighted by molar-refractivity contribution is -0.127. The minimum Gasteiger partial charge on any atom is -0.355 e. The van der Waals surface area contributed by atoms with Gasteiger partial charge in [0.1, 0.15) is 5.82 Å². The molecule has 7 nitrogen and oxygen atoms in total. The predicted octanol–water partition coefficient (Wildman–Crippen LogP) is 3.89. The van der Waals surface area contributed by atoms with Gasteiger partial charge in [-0.15, -0.1) is 0 Å². The van der Waals surface area contributed by atoms with Crippen molar-refractivity contribution in [3.05, 3.63) is 83.9 Å². The van der Waals surface area contributed by atoms with E-state index in [2.05, 4.69) is 20.6 Å². The lowest BCUT2D eigenvalue weighted by atomic mass is 9.62. The molecule has 2 aromatic carbocycles. The molecule has 2 aliphatic rings. The number of nitrogens with one attached hydrogen (secondary N) is 2. The van der Waals surface area contributed by atoms with E-state index in [0.717, 1.165) is 11.3 Å². The average molecular weight is 460 g/mol. The Balaban J connectivity index is 1.30. The van der Waals surface area contributed by atoms with Gasteiger partial charge in [-0.25, -0.2) is 14.4 Å². The molecule has 1 aromatic heterocycles. The molecule has 0 radical (unpaired) electrons. The van der Waals surface area contributed by atoms with Crippen molar-refractivity contribution in [1.82, 2.24) is 20.2 Å². The first kappa shape index (κ1) is 22.0. The molecule has 0 unspecified atom stereocenters. The van der Waals surface area contributed by atoms with Crippen molar-refractivity contribution >= 4 is 23.5 Å². The summed E-state index contributed by atoms with van der Waals surface area (Å²) in [5, 5.41) is 6.06.